The van der Waals surface area contributed by atoms with Crippen LogP contribution in [-0.4, -0.2) is 11.5 Å². The maximum Gasteiger partial charge on any atom is 0.137 e. The van der Waals surface area contributed by atoms with E-state index < -0.39 is 0 Å². The van der Waals surface area contributed by atoms with Gasteiger partial charge in [0.1, 0.15) is 5.82 Å². The molecule has 2 N–H and O–H groups in total. The Balaban J connectivity index is 2.09. The minimum atomic E-state index is -0.00205. The number of fused-ring (bicyclic) bond motifs is 1. The molecule has 0 saturated carbocycles. The molecule has 1 atom stereocenters. The maximum absolute atomic E-state index is 6.07. The summed E-state index contributed by atoms with van der Waals surface area (Å²) in [6.07, 6.45) is 4.15. The predicted octanol–water partition coefficient (Wildman–Crippen LogP) is 3.19. The van der Waals surface area contributed by atoms with Gasteiger partial charge in [0, 0.05) is 30.0 Å². The zero-order valence-electron chi connectivity index (χ0n) is 11.2. The lowest BCUT2D eigenvalue weighted by Crippen LogP contribution is -2.27. The fraction of sp³-hybridized carbons (Fsp3) is 0.312. The second kappa shape index (κ2) is 5.02. The molecular weight excluding hydrogens is 234 g/mol. The summed E-state index contributed by atoms with van der Waals surface area (Å²) >= 11 is 0. The van der Waals surface area contributed by atoms with E-state index in [1.807, 2.05) is 19.2 Å². The topological polar surface area (TPSA) is 42.1 Å². The van der Waals surface area contributed by atoms with Gasteiger partial charge in [0.25, 0.3) is 0 Å². The average Bonchev–Trinajstić information content (AvgIpc) is 2.46. The molecule has 1 aliphatic rings. The maximum atomic E-state index is 6.07. The summed E-state index contributed by atoms with van der Waals surface area (Å²) in [4.78, 5) is 6.87. The van der Waals surface area contributed by atoms with Crippen LogP contribution >= 0.6 is 0 Å². The minimum absolute atomic E-state index is 0.00205. The van der Waals surface area contributed by atoms with Crippen molar-refractivity contribution in [2.24, 2.45) is 5.73 Å². The van der Waals surface area contributed by atoms with Crippen LogP contribution in [0.3, 0.4) is 0 Å². The van der Waals surface area contributed by atoms with Crippen LogP contribution in [0.25, 0.3) is 0 Å². The molecule has 2 heterocycles. The van der Waals surface area contributed by atoms with Crippen molar-refractivity contribution in [3.8, 4) is 0 Å². The third-order valence-electron chi connectivity index (χ3n) is 3.67. The van der Waals surface area contributed by atoms with Crippen molar-refractivity contribution in [1.82, 2.24) is 4.98 Å². The first kappa shape index (κ1) is 12.2. The second-order valence-corrected chi connectivity index (χ2v) is 5.09. The highest BCUT2D eigenvalue weighted by Gasteiger charge is 2.21. The van der Waals surface area contributed by atoms with Crippen molar-refractivity contribution < 1.29 is 0 Å². The van der Waals surface area contributed by atoms with Crippen LogP contribution in [0.4, 0.5) is 11.5 Å². The van der Waals surface area contributed by atoms with Crippen LogP contribution in [-0.2, 0) is 6.42 Å². The standard InChI is InChI=1S/C16H19N3/c1-12(17)14-8-4-10-18-16(14)19-11-5-7-13-6-2-3-9-15(13)19/h2-4,6,8-10,12H,5,7,11,17H2,1H3. The van der Waals surface area contributed by atoms with Crippen molar-refractivity contribution in [3.63, 3.8) is 0 Å². The Morgan fingerprint density at radius 3 is 2.89 bits per heavy atom. The van der Waals surface area contributed by atoms with E-state index in [-0.39, 0.29) is 6.04 Å². The highest BCUT2D eigenvalue weighted by atomic mass is 15.2. The summed E-state index contributed by atoms with van der Waals surface area (Å²) in [7, 11) is 0. The highest BCUT2D eigenvalue weighted by molar-refractivity contribution is 5.67. The average molecular weight is 253 g/mol. The Hall–Kier alpha value is -1.87. The molecule has 0 spiro atoms. The first-order valence-corrected chi connectivity index (χ1v) is 6.83. The quantitative estimate of drug-likeness (QED) is 0.893. The number of nitrogens with two attached hydrogens (primary N) is 1. The zero-order valence-corrected chi connectivity index (χ0v) is 11.2. The molecule has 3 heteroatoms. The van der Waals surface area contributed by atoms with Gasteiger partial charge in [0.15, 0.2) is 0 Å². The number of para-hydroxylation sites is 1. The molecule has 0 radical (unpaired) electrons. The zero-order chi connectivity index (χ0) is 13.2. The van der Waals surface area contributed by atoms with Gasteiger partial charge in [-0.25, -0.2) is 4.98 Å². The summed E-state index contributed by atoms with van der Waals surface area (Å²) in [6.45, 7) is 3.02. The molecule has 0 saturated heterocycles. The van der Waals surface area contributed by atoms with Gasteiger partial charge in [-0.15, -0.1) is 0 Å². The van der Waals surface area contributed by atoms with Crippen molar-refractivity contribution in [3.05, 3.63) is 53.7 Å². The number of hydrogen-bond donors (Lipinski definition) is 1. The molecule has 1 aromatic carbocycles. The van der Waals surface area contributed by atoms with Crippen LogP contribution in [0.1, 0.15) is 30.5 Å². The number of pyridine rings is 1. The van der Waals surface area contributed by atoms with E-state index in [4.69, 9.17) is 5.73 Å². The molecular formula is C16H19N3. The number of aryl methyl sites for hydroxylation is 1. The molecule has 0 amide bonds. The van der Waals surface area contributed by atoms with Crippen LogP contribution in [0.15, 0.2) is 42.6 Å². The summed E-state index contributed by atoms with van der Waals surface area (Å²) in [5.74, 6) is 1.00. The monoisotopic (exact) mass is 253 g/mol. The normalized spacial score (nSPS) is 16.0. The van der Waals surface area contributed by atoms with Crippen LogP contribution in [0.5, 0.6) is 0 Å². The van der Waals surface area contributed by atoms with Crippen molar-refractivity contribution in [1.29, 1.82) is 0 Å². The van der Waals surface area contributed by atoms with E-state index in [1.165, 1.54) is 11.3 Å². The third-order valence-corrected chi connectivity index (χ3v) is 3.67. The molecule has 1 aromatic heterocycles. The number of benzene rings is 1. The third kappa shape index (κ3) is 2.22. The lowest BCUT2D eigenvalue weighted by Gasteiger charge is -2.32. The number of nitrogens with zero attached hydrogens (tertiary/aromatic N) is 2. The molecule has 1 unspecified atom stereocenters. The molecule has 98 valence electrons. The second-order valence-electron chi connectivity index (χ2n) is 5.09. The van der Waals surface area contributed by atoms with Gasteiger partial charge < -0.3 is 10.6 Å². The first-order chi connectivity index (χ1) is 9.27. The fourth-order valence-corrected chi connectivity index (χ4v) is 2.74. The van der Waals surface area contributed by atoms with Gasteiger partial charge in [-0.2, -0.15) is 0 Å². The summed E-state index contributed by atoms with van der Waals surface area (Å²) in [5.41, 5.74) is 9.86. The Bertz CT molecular complexity index is 578. The Morgan fingerprint density at radius 1 is 1.21 bits per heavy atom. The van der Waals surface area contributed by atoms with Gasteiger partial charge in [0.2, 0.25) is 0 Å². The van der Waals surface area contributed by atoms with E-state index in [9.17, 15) is 0 Å². The Morgan fingerprint density at radius 2 is 2.05 bits per heavy atom. The van der Waals surface area contributed by atoms with Crippen molar-refractivity contribution >= 4 is 11.5 Å². The van der Waals surface area contributed by atoms with Crippen LogP contribution in [0.2, 0.25) is 0 Å². The highest BCUT2D eigenvalue weighted by Crippen LogP contribution is 2.35. The largest absolute Gasteiger partial charge is 0.326 e. The van der Waals surface area contributed by atoms with E-state index in [0.29, 0.717) is 0 Å². The Kier molecular flexibility index (Phi) is 3.22. The van der Waals surface area contributed by atoms with E-state index >= 15 is 0 Å². The number of rotatable bonds is 2. The van der Waals surface area contributed by atoms with Crippen molar-refractivity contribution in [2.75, 3.05) is 11.4 Å². The molecule has 1 aliphatic heterocycles. The molecule has 3 rings (SSSR count). The fourth-order valence-electron chi connectivity index (χ4n) is 2.74. The van der Waals surface area contributed by atoms with E-state index in [2.05, 4.69) is 40.2 Å². The SMILES string of the molecule is CC(N)c1cccnc1N1CCCc2ccccc21. The molecule has 3 nitrogen and oxygen atoms in total. The summed E-state index contributed by atoms with van der Waals surface area (Å²) in [5, 5.41) is 0. The van der Waals surface area contributed by atoms with Gasteiger partial charge in [-0.1, -0.05) is 24.3 Å². The van der Waals surface area contributed by atoms with Gasteiger partial charge in [0.05, 0.1) is 0 Å². The number of anilines is 2. The smallest absolute Gasteiger partial charge is 0.137 e. The van der Waals surface area contributed by atoms with Gasteiger partial charge in [-0.3, -0.25) is 0 Å². The number of aromatic nitrogens is 1. The Labute approximate surface area is 114 Å². The summed E-state index contributed by atoms with van der Waals surface area (Å²) in [6, 6.07) is 12.6. The molecule has 0 aliphatic carbocycles. The lowest BCUT2D eigenvalue weighted by molar-refractivity contribution is 0.741. The first-order valence-electron chi connectivity index (χ1n) is 6.83. The lowest BCUT2D eigenvalue weighted by atomic mass is 10.0. The molecule has 2 aromatic rings. The van der Waals surface area contributed by atoms with E-state index in [0.717, 1.165) is 30.8 Å². The molecule has 19 heavy (non-hydrogen) atoms. The van der Waals surface area contributed by atoms with Crippen LogP contribution < -0.4 is 10.6 Å². The molecule has 0 fully saturated rings. The van der Waals surface area contributed by atoms with Crippen LogP contribution in [0, 0.1) is 0 Å². The summed E-state index contributed by atoms with van der Waals surface area (Å²) < 4.78 is 0. The van der Waals surface area contributed by atoms with Crippen molar-refractivity contribution in [2.45, 2.75) is 25.8 Å². The van der Waals surface area contributed by atoms with Gasteiger partial charge >= 0.3 is 0 Å². The molecule has 0 bridgehead atoms. The predicted molar refractivity (Wildman–Crippen MR) is 78.6 cm³/mol. The number of hydrogen-bond acceptors (Lipinski definition) is 3. The van der Waals surface area contributed by atoms with Gasteiger partial charge in [-0.05, 0) is 37.5 Å². The van der Waals surface area contributed by atoms with E-state index in [1.54, 1.807) is 0 Å². The minimum Gasteiger partial charge on any atom is -0.326 e.